The smallest absolute Gasteiger partial charge is 0.318 e. The van der Waals surface area contributed by atoms with E-state index in [2.05, 4.69) is 0 Å². The molecule has 1 unspecified atom stereocenters. The first-order valence-electron chi connectivity index (χ1n) is 5.92. The Morgan fingerprint density at radius 3 is 2.19 bits per heavy atom. The van der Waals surface area contributed by atoms with Crippen molar-refractivity contribution in [2.75, 3.05) is 35.8 Å². The van der Waals surface area contributed by atoms with E-state index in [1.807, 2.05) is 0 Å². The highest BCUT2D eigenvalue weighted by atomic mass is 32.2. The summed E-state index contributed by atoms with van der Waals surface area (Å²) in [5.41, 5.74) is 0. The number of aliphatic carboxylic acids is 1. The number of sulfonamides is 1. The van der Waals surface area contributed by atoms with Gasteiger partial charge in [-0.15, -0.1) is 0 Å². The summed E-state index contributed by atoms with van der Waals surface area (Å²) in [5.74, 6) is -3.50. The molecule has 0 bridgehead atoms. The van der Waals surface area contributed by atoms with E-state index in [1.165, 1.54) is 0 Å². The van der Waals surface area contributed by atoms with Gasteiger partial charge in [-0.1, -0.05) is 0 Å². The molecule has 0 aromatic rings. The molecule has 1 N–H and O–H groups in total. The van der Waals surface area contributed by atoms with Gasteiger partial charge in [-0.2, -0.15) is 4.31 Å². The molecule has 0 amide bonds. The average Bonchev–Trinajstić information content (AvgIpc) is 2.62. The molecule has 12 heteroatoms. The van der Waals surface area contributed by atoms with E-state index in [0.717, 1.165) is 6.26 Å². The Hall–Kier alpha value is -0.720. The van der Waals surface area contributed by atoms with E-state index < -0.39 is 65.5 Å². The van der Waals surface area contributed by atoms with Gasteiger partial charge in [0.05, 0.1) is 23.0 Å². The van der Waals surface area contributed by atoms with Crippen LogP contribution in [0, 0.1) is 0 Å². The molecule has 1 rings (SSSR count). The van der Waals surface area contributed by atoms with Crippen LogP contribution in [0.1, 0.15) is 6.42 Å². The van der Waals surface area contributed by atoms with Gasteiger partial charge in [-0.3, -0.25) is 4.79 Å². The summed E-state index contributed by atoms with van der Waals surface area (Å²) in [5, 5.41) is 8.79. The van der Waals surface area contributed by atoms with Crippen molar-refractivity contribution in [2.45, 2.75) is 12.5 Å². The lowest BCUT2D eigenvalue weighted by molar-refractivity contribution is -0.137. The van der Waals surface area contributed by atoms with E-state index >= 15 is 0 Å². The molecule has 1 saturated heterocycles. The van der Waals surface area contributed by atoms with Crippen molar-refractivity contribution >= 4 is 35.7 Å². The van der Waals surface area contributed by atoms with Crippen LogP contribution in [0.5, 0.6) is 0 Å². The van der Waals surface area contributed by atoms with E-state index in [0.29, 0.717) is 4.31 Å². The fourth-order valence-corrected chi connectivity index (χ4v) is 7.02. The van der Waals surface area contributed by atoms with Crippen LogP contribution >= 0.6 is 0 Å². The van der Waals surface area contributed by atoms with Gasteiger partial charge >= 0.3 is 5.97 Å². The average molecular weight is 363 g/mol. The Bertz CT molecular complexity index is 706. The SMILES string of the molecule is CS(=O)(=O)CCS(=O)(=O)N(CC(=O)O)C1CCS(=O)(=O)C1. The molecule has 0 aromatic carbocycles. The van der Waals surface area contributed by atoms with E-state index in [1.54, 1.807) is 0 Å². The fraction of sp³-hybridized carbons (Fsp3) is 0.889. The molecule has 0 saturated carbocycles. The molecule has 1 heterocycles. The third-order valence-corrected chi connectivity index (χ3v) is 7.79. The van der Waals surface area contributed by atoms with Crippen molar-refractivity contribution in [1.82, 2.24) is 4.31 Å². The molecule has 1 atom stereocenters. The van der Waals surface area contributed by atoms with E-state index in [4.69, 9.17) is 5.11 Å². The standard InChI is InChI=1S/C9H17NO8S3/c1-19(13,14)4-5-21(17,18)10(6-9(11)12)8-2-3-20(15,16)7-8/h8H,2-7H2,1H3,(H,11,12). The normalized spacial score (nSPS) is 22.5. The maximum absolute atomic E-state index is 12.1. The Morgan fingerprint density at radius 1 is 1.24 bits per heavy atom. The van der Waals surface area contributed by atoms with Crippen LogP contribution in [0.4, 0.5) is 0 Å². The highest BCUT2D eigenvalue weighted by molar-refractivity contribution is 7.94. The highest BCUT2D eigenvalue weighted by Crippen LogP contribution is 2.21. The molecule has 9 nitrogen and oxygen atoms in total. The minimum absolute atomic E-state index is 0.00766. The number of sulfone groups is 2. The van der Waals surface area contributed by atoms with Crippen molar-refractivity contribution in [3.05, 3.63) is 0 Å². The van der Waals surface area contributed by atoms with Crippen molar-refractivity contribution in [1.29, 1.82) is 0 Å². The molecule has 1 aliphatic rings. The van der Waals surface area contributed by atoms with Gasteiger partial charge in [0.15, 0.2) is 9.84 Å². The lowest BCUT2D eigenvalue weighted by atomic mass is 10.2. The first-order valence-corrected chi connectivity index (χ1v) is 11.4. The largest absolute Gasteiger partial charge is 0.480 e. The van der Waals surface area contributed by atoms with Crippen LogP contribution in [-0.2, 0) is 34.5 Å². The first-order chi connectivity index (χ1) is 9.32. The van der Waals surface area contributed by atoms with Gasteiger partial charge < -0.3 is 5.11 Å². The Balaban J connectivity index is 2.99. The zero-order valence-electron chi connectivity index (χ0n) is 11.3. The van der Waals surface area contributed by atoms with Crippen LogP contribution < -0.4 is 0 Å². The zero-order valence-corrected chi connectivity index (χ0v) is 13.7. The van der Waals surface area contributed by atoms with Gasteiger partial charge in [0, 0.05) is 12.3 Å². The minimum atomic E-state index is -4.18. The Morgan fingerprint density at radius 2 is 1.81 bits per heavy atom. The summed E-state index contributed by atoms with van der Waals surface area (Å²) in [6.07, 6.45) is 0.873. The summed E-state index contributed by atoms with van der Waals surface area (Å²) in [7, 11) is -11.1. The third-order valence-electron chi connectivity index (χ3n) is 2.98. The first kappa shape index (κ1) is 18.3. The Kier molecular flexibility index (Phi) is 5.40. The van der Waals surface area contributed by atoms with Crippen LogP contribution in [0.25, 0.3) is 0 Å². The van der Waals surface area contributed by atoms with Crippen molar-refractivity contribution in [3.63, 3.8) is 0 Å². The third kappa shape index (κ3) is 5.88. The van der Waals surface area contributed by atoms with E-state index in [-0.39, 0.29) is 12.2 Å². The number of nitrogens with zero attached hydrogens (tertiary/aromatic N) is 1. The number of rotatable bonds is 7. The topological polar surface area (TPSA) is 143 Å². The summed E-state index contributed by atoms with van der Waals surface area (Å²) in [6.45, 7) is -0.883. The molecule has 0 aromatic heterocycles. The van der Waals surface area contributed by atoms with Gasteiger partial charge in [-0.05, 0) is 6.42 Å². The molecule has 0 radical (unpaired) electrons. The van der Waals surface area contributed by atoms with Crippen LogP contribution in [-0.4, -0.2) is 82.5 Å². The van der Waals surface area contributed by atoms with Crippen molar-refractivity contribution in [3.8, 4) is 0 Å². The molecule has 1 aliphatic heterocycles. The predicted molar refractivity (Wildman–Crippen MR) is 74.9 cm³/mol. The maximum atomic E-state index is 12.1. The Labute approximate surface area is 123 Å². The summed E-state index contributed by atoms with van der Waals surface area (Å²) in [6, 6.07) is -0.962. The maximum Gasteiger partial charge on any atom is 0.318 e. The molecular formula is C9H17NO8S3. The molecule has 0 aliphatic carbocycles. The number of carboxylic acids is 1. The molecule has 21 heavy (non-hydrogen) atoms. The zero-order chi connectivity index (χ0) is 16.5. The fourth-order valence-electron chi connectivity index (χ4n) is 1.96. The van der Waals surface area contributed by atoms with Crippen LogP contribution in [0.15, 0.2) is 0 Å². The lowest BCUT2D eigenvalue weighted by Gasteiger charge is -2.25. The lowest BCUT2D eigenvalue weighted by Crippen LogP contribution is -2.46. The number of carbonyl (C=O) groups is 1. The number of carboxylic acid groups (broad SMARTS) is 1. The second-order valence-electron chi connectivity index (χ2n) is 4.94. The molecular weight excluding hydrogens is 346 g/mol. The summed E-state index contributed by atoms with van der Waals surface area (Å²) >= 11 is 0. The summed E-state index contributed by atoms with van der Waals surface area (Å²) < 4.78 is 69.7. The summed E-state index contributed by atoms with van der Waals surface area (Å²) in [4.78, 5) is 10.8. The van der Waals surface area contributed by atoms with Gasteiger partial charge in [0.2, 0.25) is 10.0 Å². The van der Waals surface area contributed by atoms with Gasteiger partial charge in [0.25, 0.3) is 0 Å². The second kappa shape index (κ2) is 6.18. The predicted octanol–water partition coefficient (Wildman–Crippen LogP) is -2.07. The van der Waals surface area contributed by atoms with Crippen LogP contribution in [0.3, 0.4) is 0 Å². The van der Waals surface area contributed by atoms with Crippen molar-refractivity contribution in [2.24, 2.45) is 0 Å². The molecule has 0 spiro atoms. The molecule has 124 valence electrons. The van der Waals surface area contributed by atoms with E-state index in [9.17, 15) is 30.0 Å². The second-order valence-corrected chi connectivity index (χ2v) is 11.5. The molecule has 1 fully saturated rings. The van der Waals surface area contributed by atoms with Crippen LogP contribution in [0.2, 0.25) is 0 Å². The number of hydrogen-bond donors (Lipinski definition) is 1. The number of hydrogen-bond acceptors (Lipinski definition) is 7. The monoisotopic (exact) mass is 363 g/mol. The highest BCUT2D eigenvalue weighted by Gasteiger charge is 2.39. The van der Waals surface area contributed by atoms with Crippen molar-refractivity contribution < 1.29 is 35.2 Å². The minimum Gasteiger partial charge on any atom is -0.480 e. The van der Waals surface area contributed by atoms with Gasteiger partial charge in [-0.25, -0.2) is 25.3 Å². The quantitative estimate of drug-likeness (QED) is 0.543. The van der Waals surface area contributed by atoms with Gasteiger partial charge in [0.1, 0.15) is 16.4 Å².